The molecule has 5 aromatic rings. The first-order valence-corrected chi connectivity index (χ1v) is 15.1. The molecule has 0 bridgehead atoms. The van der Waals surface area contributed by atoms with Gasteiger partial charge in [0, 0.05) is 68.3 Å². The van der Waals surface area contributed by atoms with Gasteiger partial charge in [-0.05, 0) is 53.6 Å². The molecule has 0 aliphatic carbocycles. The van der Waals surface area contributed by atoms with Gasteiger partial charge >= 0.3 is 0 Å². The molecule has 1 N–H and O–H groups in total. The van der Waals surface area contributed by atoms with Crippen LogP contribution in [0.2, 0.25) is 0 Å². The molecule has 1 saturated heterocycles. The van der Waals surface area contributed by atoms with Crippen molar-refractivity contribution >= 4 is 23.1 Å². The van der Waals surface area contributed by atoms with Gasteiger partial charge in [-0.2, -0.15) is 5.10 Å². The SMILES string of the molecule is O=C(/C=C(/O)c1cc(Cc2c(F)cc(F)cc2F)cn(Cc2cccc(F)c2)c1=O)C(=O)N1CCN(c2ccc(-n3cncn3)cc2)CC1. The van der Waals surface area contributed by atoms with E-state index in [1.807, 2.05) is 29.2 Å². The Morgan fingerprint density at radius 1 is 0.837 bits per heavy atom. The number of hydrogen-bond donors (Lipinski definition) is 1. The maximum Gasteiger partial charge on any atom is 0.294 e. The van der Waals surface area contributed by atoms with E-state index in [0.717, 1.165) is 22.0 Å². The molecule has 1 fully saturated rings. The minimum absolute atomic E-state index is 0.111. The standard InChI is InChI=1S/C35H28F4N6O4/c36-24-3-1-2-22(12-24)18-44-19-23(13-28-30(38)15-25(37)16-31(28)39)14-29(34(44)48)32(46)17-33(47)35(49)43-10-8-42(9-11-43)26-4-6-27(7-5-26)45-21-40-20-41-45/h1-7,12,14-17,19-21,46H,8-11,13,18H2/b32-17+. The average molecular weight is 673 g/mol. The second-order valence-electron chi connectivity index (χ2n) is 11.4. The summed E-state index contributed by atoms with van der Waals surface area (Å²) >= 11 is 0. The minimum Gasteiger partial charge on any atom is -0.507 e. The van der Waals surface area contributed by atoms with Gasteiger partial charge in [0.2, 0.25) is 5.78 Å². The van der Waals surface area contributed by atoms with Gasteiger partial charge in [0.1, 0.15) is 41.7 Å². The van der Waals surface area contributed by atoms with Crippen molar-refractivity contribution < 1.29 is 32.3 Å². The molecule has 1 aliphatic heterocycles. The summed E-state index contributed by atoms with van der Waals surface area (Å²) in [5.74, 6) is -6.81. The first kappa shape index (κ1) is 32.9. The number of aromatic nitrogens is 4. The number of piperazine rings is 1. The van der Waals surface area contributed by atoms with Crippen LogP contribution in [0, 0.1) is 23.3 Å². The first-order chi connectivity index (χ1) is 23.5. The van der Waals surface area contributed by atoms with Crippen LogP contribution in [-0.4, -0.2) is 67.2 Å². The Hall–Kier alpha value is -6.05. The summed E-state index contributed by atoms with van der Waals surface area (Å²) in [6.45, 7) is 1.10. The fourth-order valence-electron chi connectivity index (χ4n) is 5.62. The van der Waals surface area contributed by atoms with Crippen molar-refractivity contribution in [2.45, 2.75) is 13.0 Å². The molecule has 3 heterocycles. The number of anilines is 1. The number of carbonyl (C=O) groups is 2. The zero-order valence-electron chi connectivity index (χ0n) is 25.8. The van der Waals surface area contributed by atoms with Crippen molar-refractivity contribution in [3.8, 4) is 5.69 Å². The number of benzene rings is 3. The molecule has 49 heavy (non-hydrogen) atoms. The van der Waals surface area contributed by atoms with Gasteiger partial charge in [-0.3, -0.25) is 14.4 Å². The largest absolute Gasteiger partial charge is 0.507 e. The predicted molar refractivity (Wildman–Crippen MR) is 171 cm³/mol. The van der Waals surface area contributed by atoms with Gasteiger partial charge in [-0.25, -0.2) is 27.2 Å². The molecule has 0 radical (unpaired) electrons. The second-order valence-corrected chi connectivity index (χ2v) is 11.4. The van der Waals surface area contributed by atoms with Gasteiger partial charge < -0.3 is 19.5 Å². The number of rotatable bonds is 9. The van der Waals surface area contributed by atoms with Crippen molar-refractivity contribution in [3.63, 3.8) is 0 Å². The van der Waals surface area contributed by atoms with Crippen LogP contribution in [0.25, 0.3) is 11.4 Å². The van der Waals surface area contributed by atoms with Crippen molar-refractivity contribution in [3.05, 3.63) is 148 Å². The quantitative estimate of drug-likeness (QED) is 0.107. The summed E-state index contributed by atoms with van der Waals surface area (Å²) in [5, 5.41) is 15.0. The molecular weight excluding hydrogens is 644 g/mol. The summed E-state index contributed by atoms with van der Waals surface area (Å²) in [4.78, 5) is 46.8. The van der Waals surface area contributed by atoms with Crippen LogP contribution in [-0.2, 0) is 22.6 Å². The predicted octanol–water partition coefficient (Wildman–Crippen LogP) is 4.44. The average Bonchev–Trinajstić information content (AvgIpc) is 3.63. The number of aliphatic hydroxyl groups excluding tert-OH is 1. The van der Waals surface area contributed by atoms with Gasteiger partial charge in [-0.15, -0.1) is 0 Å². The van der Waals surface area contributed by atoms with Crippen molar-refractivity contribution in [2.75, 3.05) is 31.1 Å². The number of carbonyl (C=O) groups excluding carboxylic acids is 2. The van der Waals surface area contributed by atoms with Gasteiger partial charge in [0.25, 0.3) is 11.5 Å². The molecule has 3 aromatic carbocycles. The molecule has 0 spiro atoms. The molecule has 0 unspecified atom stereocenters. The zero-order valence-corrected chi connectivity index (χ0v) is 25.8. The van der Waals surface area contributed by atoms with Crippen LogP contribution in [0.4, 0.5) is 23.2 Å². The molecular formula is C35H28F4N6O4. The number of pyridine rings is 1. The van der Waals surface area contributed by atoms with E-state index < -0.39 is 63.8 Å². The molecule has 2 aromatic heterocycles. The smallest absolute Gasteiger partial charge is 0.294 e. The van der Waals surface area contributed by atoms with E-state index in [2.05, 4.69) is 10.1 Å². The van der Waals surface area contributed by atoms with Gasteiger partial charge in [0.05, 0.1) is 17.8 Å². The van der Waals surface area contributed by atoms with Gasteiger partial charge in [-0.1, -0.05) is 12.1 Å². The Balaban J connectivity index is 1.20. The van der Waals surface area contributed by atoms with E-state index >= 15 is 0 Å². The van der Waals surface area contributed by atoms with Crippen LogP contribution in [0.1, 0.15) is 22.3 Å². The minimum atomic E-state index is -1.16. The third-order valence-corrected chi connectivity index (χ3v) is 8.09. The summed E-state index contributed by atoms with van der Waals surface area (Å²) in [5.41, 5.74) is 0.470. The number of amides is 1. The van der Waals surface area contributed by atoms with Crippen LogP contribution in [0.5, 0.6) is 0 Å². The van der Waals surface area contributed by atoms with Crippen molar-refractivity contribution in [1.82, 2.24) is 24.2 Å². The Labute approximate surface area is 276 Å². The lowest BCUT2D eigenvalue weighted by atomic mass is 10.0. The third kappa shape index (κ3) is 7.43. The van der Waals surface area contributed by atoms with E-state index in [0.29, 0.717) is 36.9 Å². The van der Waals surface area contributed by atoms with Gasteiger partial charge in [0.15, 0.2) is 0 Å². The molecule has 10 nitrogen and oxygen atoms in total. The highest BCUT2D eigenvalue weighted by Gasteiger charge is 2.26. The molecule has 1 aliphatic rings. The van der Waals surface area contributed by atoms with Crippen LogP contribution in [0.15, 0.2) is 96.5 Å². The number of aliphatic hydroxyl groups is 1. The van der Waals surface area contributed by atoms with Crippen molar-refractivity contribution in [2.24, 2.45) is 0 Å². The third-order valence-electron chi connectivity index (χ3n) is 8.09. The first-order valence-electron chi connectivity index (χ1n) is 15.1. The molecule has 14 heteroatoms. The summed E-state index contributed by atoms with van der Waals surface area (Å²) in [6.07, 6.45) is 4.45. The van der Waals surface area contributed by atoms with Crippen LogP contribution >= 0.6 is 0 Å². The Kier molecular flexibility index (Phi) is 9.38. The number of nitrogens with zero attached hydrogens (tertiary/aromatic N) is 6. The lowest BCUT2D eigenvalue weighted by Crippen LogP contribution is -2.50. The maximum atomic E-state index is 14.5. The summed E-state index contributed by atoms with van der Waals surface area (Å²) < 4.78 is 59.1. The second kappa shape index (κ2) is 14.0. The Bertz CT molecular complexity index is 2080. The fraction of sp³-hybridized carbons (Fsp3) is 0.171. The van der Waals surface area contributed by atoms with E-state index in [-0.39, 0.29) is 25.2 Å². The normalized spacial score (nSPS) is 13.5. The molecule has 0 saturated carbocycles. The highest BCUT2D eigenvalue weighted by Crippen LogP contribution is 2.22. The number of ketones is 1. The lowest BCUT2D eigenvalue weighted by Gasteiger charge is -2.35. The van der Waals surface area contributed by atoms with Crippen molar-refractivity contribution in [1.29, 1.82) is 0 Å². The monoisotopic (exact) mass is 672 g/mol. The molecule has 0 atom stereocenters. The van der Waals surface area contributed by atoms with E-state index in [1.165, 1.54) is 35.6 Å². The van der Waals surface area contributed by atoms with E-state index in [9.17, 15) is 37.1 Å². The highest BCUT2D eigenvalue weighted by molar-refractivity contribution is 6.41. The fourth-order valence-corrected chi connectivity index (χ4v) is 5.62. The molecule has 6 rings (SSSR count). The Morgan fingerprint density at radius 3 is 2.18 bits per heavy atom. The van der Waals surface area contributed by atoms with E-state index in [1.54, 1.807) is 17.1 Å². The molecule has 1 amide bonds. The topological polar surface area (TPSA) is 114 Å². The molecule has 250 valence electrons. The highest BCUT2D eigenvalue weighted by atomic mass is 19.1. The van der Waals surface area contributed by atoms with E-state index in [4.69, 9.17) is 0 Å². The maximum absolute atomic E-state index is 14.5. The summed E-state index contributed by atoms with van der Waals surface area (Å²) in [6, 6.07) is 15.1. The number of hydrogen-bond acceptors (Lipinski definition) is 7. The Morgan fingerprint density at radius 2 is 1.53 bits per heavy atom. The zero-order chi connectivity index (χ0) is 34.7. The lowest BCUT2D eigenvalue weighted by molar-refractivity contribution is -0.142. The van der Waals surface area contributed by atoms with Crippen LogP contribution < -0.4 is 10.5 Å². The number of halogens is 4. The summed E-state index contributed by atoms with van der Waals surface area (Å²) in [7, 11) is 0. The van der Waals surface area contributed by atoms with Crippen LogP contribution in [0.3, 0.4) is 0 Å².